The topological polar surface area (TPSA) is 82.8 Å². The molecule has 0 aliphatic rings. The molecular weight excluding hydrogens is 979 g/mol. The van der Waals surface area contributed by atoms with E-state index in [-0.39, 0.29) is 48.3 Å². The molecule has 0 saturated carbocycles. The van der Waals surface area contributed by atoms with E-state index in [0.717, 1.165) is 50.0 Å². The molecule has 0 atom stereocenters. The Morgan fingerprint density at radius 3 is 2.05 bits per heavy atom. The average Bonchev–Trinajstić information content (AvgIpc) is 4.01. The summed E-state index contributed by atoms with van der Waals surface area (Å²) in [7, 11) is 0. The molecule has 0 bridgehead atoms. The number of hydrogen-bond donors (Lipinski definition) is 0. The van der Waals surface area contributed by atoms with Crippen LogP contribution in [-0.4, -0.2) is 24.5 Å². The monoisotopic (exact) mass is 1040 g/mol. The Morgan fingerprint density at radius 2 is 1.42 bits per heavy atom. The fourth-order valence-electron chi connectivity index (χ4n) is 8.18. The van der Waals surface area contributed by atoms with E-state index in [4.69, 9.17) is 22.9 Å². The fourth-order valence-corrected chi connectivity index (χ4v) is 8.18. The Balaban J connectivity index is 0.000000312. The first-order valence-electron chi connectivity index (χ1n) is 23.5. The van der Waals surface area contributed by atoms with Crippen molar-refractivity contribution in [3.8, 4) is 39.5 Å². The van der Waals surface area contributed by atoms with Crippen molar-refractivity contribution in [2.75, 3.05) is 0 Å². The summed E-state index contributed by atoms with van der Waals surface area (Å²) >= 11 is 0. The van der Waals surface area contributed by atoms with Crippen LogP contribution in [0.25, 0.3) is 83.8 Å². The van der Waals surface area contributed by atoms with Crippen LogP contribution in [0.3, 0.4) is 0 Å². The van der Waals surface area contributed by atoms with Crippen molar-refractivity contribution in [2.45, 2.75) is 98.8 Å². The Kier molecular flexibility index (Phi) is 11.3. The number of oxazole rings is 1. The second-order valence-corrected chi connectivity index (χ2v) is 19.2. The Hall–Kier alpha value is -6.21. The number of imidazole rings is 1. The minimum atomic E-state index is -2.39. The van der Waals surface area contributed by atoms with E-state index in [1.807, 2.05) is 98.3 Å². The van der Waals surface area contributed by atoms with Gasteiger partial charge in [-0.25, -0.2) is 0 Å². The van der Waals surface area contributed by atoms with E-state index in [2.05, 4.69) is 107 Å². The predicted octanol–water partition coefficient (Wildman–Crippen LogP) is 15.3. The van der Waals surface area contributed by atoms with Crippen LogP contribution in [0, 0.1) is 19.0 Å². The maximum Gasteiger partial charge on any atom is 0.218 e. The van der Waals surface area contributed by atoms with Crippen molar-refractivity contribution < 1.29 is 33.1 Å². The van der Waals surface area contributed by atoms with Crippen molar-refractivity contribution in [2.24, 2.45) is 0 Å². The summed E-state index contributed by atoms with van der Waals surface area (Å²) in [5.74, 6) is 1.35. The van der Waals surface area contributed by atoms with Crippen LogP contribution < -0.4 is 0 Å². The van der Waals surface area contributed by atoms with Crippen molar-refractivity contribution in [3.63, 3.8) is 0 Å². The van der Waals surface area contributed by atoms with Gasteiger partial charge < -0.3 is 18.4 Å². The standard InChI is InChI=1S/C42H39N4O2.C15H16N.Ir/c1-23(2)30-20-27(26-15-10-9-11-16-26)21-31(24(3)4)36(30)46-35-25(5)14-12-19-33(35)43-39(46)29-18-13-17-28-32-22-34-38(44-40(32)48-37(28)29)45-41(47-34)42(6,7)8;1-15(2,3)13-9-10-14(16-11-13)12-7-5-4-6-8-12;/h9-17,19-24H,1-8H3;4-7,9-11H,1-3H3;/q2*-1;/i5D3;;. The number of benzene rings is 5. The summed E-state index contributed by atoms with van der Waals surface area (Å²) < 4.78 is 40.6. The molecule has 5 heterocycles. The Labute approximate surface area is 400 Å². The first-order valence-corrected chi connectivity index (χ1v) is 22.0. The summed E-state index contributed by atoms with van der Waals surface area (Å²) in [4.78, 5) is 19.1. The number of nitrogens with zero attached hydrogens (tertiary/aromatic N) is 5. The predicted molar refractivity (Wildman–Crippen MR) is 262 cm³/mol. The number of aromatic nitrogens is 5. The minimum Gasteiger partial charge on any atom is -0.486 e. The molecule has 331 valence electrons. The molecule has 0 N–H and O–H groups in total. The van der Waals surface area contributed by atoms with E-state index >= 15 is 0 Å². The molecule has 7 nitrogen and oxygen atoms in total. The van der Waals surface area contributed by atoms with Gasteiger partial charge in [-0.1, -0.05) is 135 Å². The van der Waals surface area contributed by atoms with Gasteiger partial charge in [0.1, 0.15) is 0 Å². The van der Waals surface area contributed by atoms with E-state index in [1.165, 1.54) is 5.56 Å². The molecule has 0 unspecified atom stereocenters. The number of para-hydroxylation sites is 1. The molecular formula is C57H55IrN5O2-2. The van der Waals surface area contributed by atoms with Gasteiger partial charge in [-0.3, -0.25) is 4.98 Å². The summed E-state index contributed by atoms with van der Waals surface area (Å²) in [6.07, 6.45) is 1.95. The molecule has 10 aromatic rings. The number of hydrogen-bond acceptors (Lipinski definition) is 6. The fraction of sp³-hybridized carbons (Fsp3) is 0.263. The SMILES string of the molecule is CC(C)(C)c1ccc(-c2[c-]cccc2)nc1.[2H]C([2H])([2H])c1cccc2nc(-c3[c-]ccc4c3oc3nc5nc(C(C)(C)C)oc5cc34)n(-c3c(C(C)C)cc(-c4ccccc4)cc3C(C)C)c12.[Ir]. The second kappa shape index (κ2) is 17.6. The zero-order chi connectivity index (χ0) is 47.6. The first kappa shape index (κ1) is 41.5. The normalized spacial score (nSPS) is 13.0. The van der Waals surface area contributed by atoms with Crippen LogP contribution in [0.15, 0.2) is 130 Å². The largest absolute Gasteiger partial charge is 0.486 e. The van der Waals surface area contributed by atoms with E-state index in [1.54, 1.807) is 12.1 Å². The molecule has 1 radical (unpaired) electrons. The van der Waals surface area contributed by atoms with Gasteiger partial charge in [0, 0.05) is 46.9 Å². The number of pyridine rings is 2. The van der Waals surface area contributed by atoms with Crippen molar-refractivity contribution in [1.29, 1.82) is 0 Å². The molecule has 10 rings (SSSR count). The van der Waals surface area contributed by atoms with Crippen LogP contribution in [0.1, 0.15) is 113 Å². The van der Waals surface area contributed by atoms with E-state index in [9.17, 15) is 0 Å². The smallest absolute Gasteiger partial charge is 0.218 e. The minimum absolute atomic E-state index is 0. The number of fused-ring (bicyclic) bond motifs is 5. The van der Waals surface area contributed by atoms with Gasteiger partial charge >= 0.3 is 0 Å². The van der Waals surface area contributed by atoms with Crippen molar-refractivity contribution in [1.82, 2.24) is 24.5 Å². The van der Waals surface area contributed by atoms with E-state index < -0.39 is 6.85 Å². The first-order chi connectivity index (χ1) is 31.8. The Morgan fingerprint density at radius 1 is 0.677 bits per heavy atom. The van der Waals surface area contributed by atoms with Gasteiger partial charge in [-0.2, -0.15) is 9.97 Å². The molecule has 65 heavy (non-hydrogen) atoms. The third-order valence-electron chi connectivity index (χ3n) is 11.7. The van der Waals surface area contributed by atoms with Crippen LogP contribution in [-0.2, 0) is 30.9 Å². The van der Waals surface area contributed by atoms with Gasteiger partial charge in [0.2, 0.25) is 17.3 Å². The zero-order valence-electron chi connectivity index (χ0n) is 41.6. The summed E-state index contributed by atoms with van der Waals surface area (Å²) in [5.41, 5.74) is 12.5. The Bertz CT molecular complexity index is 3380. The molecule has 0 fully saturated rings. The van der Waals surface area contributed by atoms with Crippen LogP contribution >= 0.6 is 0 Å². The number of furan rings is 1. The second-order valence-electron chi connectivity index (χ2n) is 19.2. The molecule has 0 aliphatic carbocycles. The molecule has 8 heteroatoms. The summed E-state index contributed by atoms with van der Waals surface area (Å²) in [6.45, 7) is 19.0. The molecule has 5 aromatic carbocycles. The summed E-state index contributed by atoms with van der Waals surface area (Å²) in [5, 5.41) is 1.61. The van der Waals surface area contributed by atoms with Gasteiger partial charge in [0.05, 0.1) is 22.4 Å². The number of aryl methyl sites for hydroxylation is 1. The maximum atomic E-state index is 8.61. The van der Waals surface area contributed by atoms with Crippen LogP contribution in [0.2, 0.25) is 0 Å². The van der Waals surface area contributed by atoms with Gasteiger partial charge in [-0.05, 0) is 87.4 Å². The average molecular weight is 1040 g/mol. The quantitative estimate of drug-likeness (QED) is 0.154. The maximum absolute atomic E-state index is 8.61. The third-order valence-corrected chi connectivity index (χ3v) is 11.7. The van der Waals surface area contributed by atoms with Gasteiger partial charge in [-0.15, -0.1) is 54.1 Å². The van der Waals surface area contributed by atoms with Gasteiger partial charge in [0.15, 0.2) is 5.58 Å². The summed E-state index contributed by atoms with van der Waals surface area (Å²) in [6, 6.07) is 44.6. The van der Waals surface area contributed by atoms with Crippen LogP contribution in [0.5, 0.6) is 0 Å². The van der Waals surface area contributed by atoms with Gasteiger partial charge in [0.25, 0.3) is 0 Å². The van der Waals surface area contributed by atoms with E-state index in [0.29, 0.717) is 50.8 Å². The zero-order valence-corrected chi connectivity index (χ0v) is 41.0. The van der Waals surface area contributed by atoms with Crippen molar-refractivity contribution >= 4 is 44.3 Å². The van der Waals surface area contributed by atoms with Crippen molar-refractivity contribution in [3.05, 3.63) is 162 Å². The molecule has 0 spiro atoms. The number of rotatable bonds is 6. The third kappa shape index (κ3) is 8.70. The molecule has 0 saturated heterocycles. The molecule has 0 amide bonds. The molecule has 0 aliphatic heterocycles. The molecule has 5 aromatic heterocycles. The van der Waals surface area contributed by atoms with Crippen LogP contribution in [0.4, 0.5) is 0 Å².